The van der Waals surface area contributed by atoms with Gasteiger partial charge < -0.3 is 5.32 Å². The number of carbonyl (C=O) groups is 2. The fourth-order valence-electron chi connectivity index (χ4n) is 2.54. The second-order valence-electron chi connectivity index (χ2n) is 6.12. The van der Waals surface area contributed by atoms with E-state index < -0.39 is 11.9 Å². The zero-order chi connectivity index (χ0) is 20.5. The van der Waals surface area contributed by atoms with Crippen molar-refractivity contribution in [1.29, 1.82) is 0 Å². The molecule has 1 heterocycles. The summed E-state index contributed by atoms with van der Waals surface area (Å²) < 4.78 is 0. The van der Waals surface area contributed by atoms with Gasteiger partial charge in [-0.25, -0.2) is 9.78 Å². The Bertz CT molecular complexity index is 967. The molecule has 0 bridgehead atoms. The standard InChI is InChI=1S/C21H21N5O2S/c1-2-13-22-20(28)23-17(27)14-29-21-24-18(15-9-5-3-6-10-15)19(25-26-21)16-11-7-4-8-12-16/h3-12H,2,13-14H2,1H3,(H2,22,23,27,28). The number of carbonyl (C=O) groups excluding carboxylic acids is 2. The predicted octanol–water partition coefficient (Wildman–Crippen LogP) is 3.53. The molecule has 0 saturated heterocycles. The lowest BCUT2D eigenvalue weighted by atomic mass is 10.0. The van der Waals surface area contributed by atoms with Gasteiger partial charge in [-0.2, -0.15) is 0 Å². The lowest BCUT2D eigenvalue weighted by molar-refractivity contribution is -0.117. The lowest BCUT2D eigenvalue weighted by Crippen LogP contribution is -2.40. The van der Waals surface area contributed by atoms with Crippen LogP contribution in [0.2, 0.25) is 0 Å². The van der Waals surface area contributed by atoms with E-state index in [1.807, 2.05) is 67.6 Å². The van der Waals surface area contributed by atoms with Crippen LogP contribution in [-0.2, 0) is 4.79 Å². The quantitative estimate of drug-likeness (QED) is 0.582. The highest BCUT2D eigenvalue weighted by molar-refractivity contribution is 7.99. The highest BCUT2D eigenvalue weighted by atomic mass is 32.2. The molecule has 148 valence electrons. The van der Waals surface area contributed by atoms with Gasteiger partial charge in [-0.05, 0) is 6.42 Å². The van der Waals surface area contributed by atoms with Gasteiger partial charge in [0, 0.05) is 17.7 Å². The SMILES string of the molecule is CCCNC(=O)NC(=O)CSc1nnc(-c2ccccc2)c(-c2ccccc2)n1. The van der Waals surface area contributed by atoms with Crippen molar-refractivity contribution in [3.05, 3.63) is 60.7 Å². The van der Waals surface area contributed by atoms with Gasteiger partial charge in [-0.15, -0.1) is 10.2 Å². The third kappa shape index (κ3) is 5.86. The van der Waals surface area contributed by atoms with Crippen molar-refractivity contribution in [2.75, 3.05) is 12.3 Å². The molecule has 3 aromatic rings. The largest absolute Gasteiger partial charge is 0.338 e. The number of nitrogens with zero attached hydrogens (tertiary/aromatic N) is 3. The molecule has 0 aliphatic carbocycles. The highest BCUT2D eigenvalue weighted by Crippen LogP contribution is 2.29. The number of amides is 3. The van der Waals surface area contributed by atoms with E-state index in [1.54, 1.807) is 0 Å². The van der Waals surface area contributed by atoms with Gasteiger partial charge in [-0.1, -0.05) is 79.3 Å². The van der Waals surface area contributed by atoms with Crippen LogP contribution in [0.3, 0.4) is 0 Å². The third-order valence-corrected chi connectivity index (χ3v) is 4.72. The molecule has 0 unspecified atom stereocenters. The van der Waals surface area contributed by atoms with E-state index in [1.165, 1.54) is 0 Å². The van der Waals surface area contributed by atoms with E-state index in [2.05, 4.69) is 25.8 Å². The van der Waals surface area contributed by atoms with Crippen LogP contribution in [0.1, 0.15) is 13.3 Å². The van der Waals surface area contributed by atoms with Crippen molar-refractivity contribution in [3.8, 4) is 22.5 Å². The van der Waals surface area contributed by atoms with Gasteiger partial charge in [0.2, 0.25) is 11.1 Å². The normalized spacial score (nSPS) is 10.4. The molecular formula is C21H21N5O2S. The number of thioether (sulfide) groups is 1. The molecule has 3 amide bonds. The summed E-state index contributed by atoms with van der Waals surface area (Å²) in [4.78, 5) is 28.2. The maximum atomic E-state index is 12.0. The van der Waals surface area contributed by atoms with Crippen LogP contribution in [0.25, 0.3) is 22.5 Å². The van der Waals surface area contributed by atoms with Gasteiger partial charge in [0.15, 0.2) is 0 Å². The Balaban J connectivity index is 1.77. The first kappa shape index (κ1) is 20.5. The second-order valence-corrected chi connectivity index (χ2v) is 7.06. The second kappa shape index (κ2) is 10.3. The van der Waals surface area contributed by atoms with E-state index in [4.69, 9.17) is 0 Å². The number of hydrogen-bond donors (Lipinski definition) is 2. The summed E-state index contributed by atoms with van der Waals surface area (Å²) in [6, 6.07) is 18.9. The minimum atomic E-state index is -0.499. The zero-order valence-corrected chi connectivity index (χ0v) is 16.8. The number of benzene rings is 2. The van der Waals surface area contributed by atoms with E-state index >= 15 is 0 Å². The van der Waals surface area contributed by atoms with Crippen molar-refractivity contribution in [2.45, 2.75) is 18.5 Å². The zero-order valence-electron chi connectivity index (χ0n) is 16.0. The molecule has 0 fully saturated rings. The Morgan fingerprint density at radius 2 is 1.52 bits per heavy atom. The van der Waals surface area contributed by atoms with Crippen molar-refractivity contribution < 1.29 is 9.59 Å². The minimum absolute atomic E-state index is 0.0140. The van der Waals surface area contributed by atoms with E-state index in [-0.39, 0.29) is 5.75 Å². The first-order valence-corrected chi connectivity index (χ1v) is 10.2. The molecule has 3 rings (SSSR count). The Morgan fingerprint density at radius 1 is 0.897 bits per heavy atom. The first-order chi connectivity index (χ1) is 14.2. The smallest absolute Gasteiger partial charge is 0.321 e. The van der Waals surface area contributed by atoms with Crippen LogP contribution in [0.15, 0.2) is 65.8 Å². The number of nitrogens with one attached hydrogen (secondary N) is 2. The fourth-order valence-corrected chi connectivity index (χ4v) is 3.12. The minimum Gasteiger partial charge on any atom is -0.338 e. The van der Waals surface area contributed by atoms with Crippen LogP contribution in [0, 0.1) is 0 Å². The van der Waals surface area contributed by atoms with Crippen LogP contribution in [-0.4, -0.2) is 39.4 Å². The monoisotopic (exact) mass is 407 g/mol. The van der Waals surface area contributed by atoms with Crippen molar-refractivity contribution in [3.63, 3.8) is 0 Å². The van der Waals surface area contributed by atoms with Crippen LogP contribution in [0.4, 0.5) is 4.79 Å². The molecule has 2 N–H and O–H groups in total. The maximum Gasteiger partial charge on any atom is 0.321 e. The molecule has 7 nitrogen and oxygen atoms in total. The van der Waals surface area contributed by atoms with E-state index in [0.29, 0.717) is 23.1 Å². The Labute approximate surface area is 173 Å². The van der Waals surface area contributed by atoms with Crippen molar-refractivity contribution in [2.24, 2.45) is 0 Å². The van der Waals surface area contributed by atoms with E-state index in [0.717, 1.165) is 29.3 Å². The lowest BCUT2D eigenvalue weighted by Gasteiger charge is -2.09. The molecule has 0 spiro atoms. The molecule has 0 saturated carbocycles. The Hall–Kier alpha value is -3.26. The summed E-state index contributed by atoms with van der Waals surface area (Å²) in [5.41, 5.74) is 3.18. The van der Waals surface area contributed by atoms with Gasteiger partial charge in [-0.3, -0.25) is 10.1 Å². The number of hydrogen-bond acceptors (Lipinski definition) is 6. The number of urea groups is 1. The maximum absolute atomic E-state index is 12.0. The number of rotatable bonds is 7. The summed E-state index contributed by atoms with van der Waals surface area (Å²) in [5, 5.41) is 13.8. The molecule has 1 aromatic heterocycles. The number of imide groups is 1. The first-order valence-electron chi connectivity index (χ1n) is 9.23. The molecule has 0 aliphatic heterocycles. The van der Waals surface area contributed by atoms with Crippen molar-refractivity contribution >= 4 is 23.7 Å². The Morgan fingerprint density at radius 3 is 2.14 bits per heavy atom. The summed E-state index contributed by atoms with van der Waals surface area (Å²) in [6.45, 7) is 2.45. The average molecular weight is 407 g/mol. The predicted molar refractivity (Wildman–Crippen MR) is 113 cm³/mol. The fraction of sp³-hybridized carbons (Fsp3) is 0.190. The molecule has 0 atom stereocenters. The molecule has 0 radical (unpaired) electrons. The summed E-state index contributed by atoms with van der Waals surface area (Å²) in [6.07, 6.45) is 0.798. The third-order valence-electron chi connectivity index (χ3n) is 3.88. The Kier molecular flexibility index (Phi) is 7.29. The van der Waals surface area contributed by atoms with Gasteiger partial charge in [0.1, 0.15) is 11.4 Å². The summed E-state index contributed by atoms with van der Waals surface area (Å²) >= 11 is 1.13. The summed E-state index contributed by atoms with van der Waals surface area (Å²) in [5.74, 6) is -0.402. The highest BCUT2D eigenvalue weighted by Gasteiger charge is 2.15. The van der Waals surface area contributed by atoms with E-state index in [9.17, 15) is 9.59 Å². The van der Waals surface area contributed by atoms with Crippen LogP contribution < -0.4 is 10.6 Å². The topological polar surface area (TPSA) is 96.9 Å². The molecule has 2 aromatic carbocycles. The van der Waals surface area contributed by atoms with Crippen LogP contribution >= 0.6 is 11.8 Å². The molecule has 29 heavy (non-hydrogen) atoms. The molecule has 0 aliphatic rings. The molecular weight excluding hydrogens is 386 g/mol. The average Bonchev–Trinajstić information content (AvgIpc) is 2.77. The van der Waals surface area contributed by atoms with Gasteiger partial charge >= 0.3 is 6.03 Å². The number of aromatic nitrogens is 3. The van der Waals surface area contributed by atoms with Gasteiger partial charge in [0.25, 0.3) is 0 Å². The molecule has 8 heteroatoms. The van der Waals surface area contributed by atoms with Crippen molar-refractivity contribution in [1.82, 2.24) is 25.8 Å². The summed E-state index contributed by atoms with van der Waals surface area (Å²) in [7, 11) is 0. The van der Waals surface area contributed by atoms with Crippen LogP contribution in [0.5, 0.6) is 0 Å². The van der Waals surface area contributed by atoms with Gasteiger partial charge in [0.05, 0.1) is 5.75 Å².